The Morgan fingerprint density at radius 3 is 2.36 bits per heavy atom. The summed E-state index contributed by atoms with van der Waals surface area (Å²) in [5, 5.41) is 9.66. The Kier molecular flexibility index (Phi) is 9.19. The Hall–Kier alpha value is -3.17. The highest BCUT2D eigenvalue weighted by Gasteiger charge is 2.49. The van der Waals surface area contributed by atoms with Gasteiger partial charge in [0.2, 0.25) is 0 Å². The van der Waals surface area contributed by atoms with Crippen LogP contribution in [0.1, 0.15) is 41.3 Å². The third kappa shape index (κ3) is 6.90. The van der Waals surface area contributed by atoms with E-state index >= 15 is 0 Å². The second-order valence-electron chi connectivity index (χ2n) is 7.61. The molecule has 0 aromatic heterocycles. The first-order valence-corrected chi connectivity index (χ1v) is 11.4. The molecule has 3 atom stereocenters. The number of nitrogens with two attached hydrogens (primary N) is 2. The van der Waals surface area contributed by atoms with Crippen molar-refractivity contribution in [3.05, 3.63) is 71.3 Å². The number of nitrogens with one attached hydrogen (secondary N) is 1. The van der Waals surface area contributed by atoms with Crippen LogP contribution in [-0.4, -0.2) is 34.8 Å². The van der Waals surface area contributed by atoms with Gasteiger partial charge in [-0.1, -0.05) is 56.3 Å². The molecular formula is C22H27N3O7P+. The normalized spacial score (nSPS) is 14.2. The highest BCUT2D eigenvalue weighted by atomic mass is 31.1. The molecule has 0 spiro atoms. The minimum absolute atomic E-state index is 0.0563. The number of carbonyl (C=O) groups is 3. The number of carboxylic acid groups (broad SMARTS) is 1. The van der Waals surface area contributed by atoms with Crippen molar-refractivity contribution in [2.24, 2.45) is 17.5 Å². The molecule has 0 aliphatic carbocycles. The van der Waals surface area contributed by atoms with E-state index in [1.165, 1.54) is 24.3 Å². The van der Waals surface area contributed by atoms with Crippen molar-refractivity contribution in [1.29, 1.82) is 0 Å². The fraction of sp³-hybridized carbons (Fsp3) is 0.318. The number of nitrogen functional groups attached to an aromatic ring is 1. The Balaban J connectivity index is 2.15. The summed E-state index contributed by atoms with van der Waals surface area (Å²) in [5.41, 5.74) is 7.12. The molecule has 11 heteroatoms. The van der Waals surface area contributed by atoms with Gasteiger partial charge < -0.3 is 9.84 Å². The number of hydrogen-bond acceptors (Lipinski definition) is 8. The van der Waals surface area contributed by atoms with Crippen LogP contribution in [0.2, 0.25) is 0 Å². The van der Waals surface area contributed by atoms with Gasteiger partial charge in [-0.25, -0.2) is 10.6 Å². The molecule has 0 bridgehead atoms. The Morgan fingerprint density at radius 1 is 1.12 bits per heavy atom. The number of carbonyl (C=O) groups excluding carboxylic acids is 2. The topological polar surface area (TPSA) is 171 Å². The van der Waals surface area contributed by atoms with E-state index < -0.39 is 49.6 Å². The zero-order chi connectivity index (χ0) is 24.6. The average molecular weight is 476 g/mol. The number of rotatable bonds is 11. The monoisotopic (exact) mass is 476 g/mol. The van der Waals surface area contributed by atoms with Crippen molar-refractivity contribution in [2.45, 2.75) is 32.1 Å². The molecule has 3 unspecified atom stereocenters. The summed E-state index contributed by atoms with van der Waals surface area (Å²) in [6.07, 6.45) is -0.476. The lowest BCUT2D eigenvalue weighted by atomic mass is 9.99. The van der Waals surface area contributed by atoms with E-state index in [1.807, 2.05) is 11.5 Å². The van der Waals surface area contributed by atoms with Crippen LogP contribution in [0, 0.1) is 5.92 Å². The molecule has 0 saturated heterocycles. The van der Waals surface area contributed by atoms with Gasteiger partial charge in [0, 0.05) is 11.5 Å². The summed E-state index contributed by atoms with van der Waals surface area (Å²) in [6, 6.07) is 14.6. The van der Waals surface area contributed by atoms with Crippen LogP contribution in [0.5, 0.6) is 0 Å². The Morgan fingerprint density at radius 2 is 1.79 bits per heavy atom. The van der Waals surface area contributed by atoms with Gasteiger partial charge in [-0.15, -0.1) is 4.52 Å². The number of ether oxygens (including phenoxy) is 1. The lowest BCUT2D eigenvalue weighted by Gasteiger charge is -2.25. The molecule has 0 fully saturated rings. The molecular weight excluding hydrogens is 449 g/mol. The quantitative estimate of drug-likeness (QED) is 0.0948. The van der Waals surface area contributed by atoms with E-state index in [2.05, 4.69) is 0 Å². The first-order chi connectivity index (χ1) is 15.6. The fourth-order valence-corrected chi connectivity index (χ4v) is 4.24. The van der Waals surface area contributed by atoms with Crippen LogP contribution in [0.15, 0.2) is 54.6 Å². The summed E-state index contributed by atoms with van der Waals surface area (Å²) >= 11 is 0. The third-order valence-corrected chi connectivity index (χ3v) is 6.12. The van der Waals surface area contributed by atoms with E-state index in [4.69, 9.17) is 20.8 Å². The van der Waals surface area contributed by atoms with Crippen LogP contribution >= 0.6 is 8.03 Å². The fourth-order valence-electron chi connectivity index (χ4n) is 2.88. The van der Waals surface area contributed by atoms with Gasteiger partial charge in [0.15, 0.2) is 6.16 Å². The molecule has 6 N–H and O–H groups in total. The van der Waals surface area contributed by atoms with Crippen molar-refractivity contribution in [3.8, 4) is 0 Å². The van der Waals surface area contributed by atoms with E-state index in [1.54, 1.807) is 38.1 Å². The molecule has 0 aliphatic heterocycles. The lowest BCUT2D eigenvalue weighted by molar-refractivity contribution is -0.167. The van der Waals surface area contributed by atoms with Gasteiger partial charge in [0.05, 0.1) is 0 Å². The van der Waals surface area contributed by atoms with Crippen molar-refractivity contribution in [1.82, 2.24) is 5.43 Å². The van der Waals surface area contributed by atoms with Crippen molar-refractivity contribution in [3.63, 3.8) is 0 Å². The predicted molar refractivity (Wildman–Crippen MR) is 120 cm³/mol. The van der Waals surface area contributed by atoms with Crippen LogP contribution in [0.4, 0.5) is 0 Å². The van der Waals surface area contributed by atoms with Gasteiger partial charge in [-0.3, -0.25) is 20.7 Å². The van der Waals surface area contributed by atoms with E-state index in [0.29, 0.717) is 0 Å². The first-order valence-electron chi connectivity index (χ1n) is 10.1. The summed E-state index contributed by atoms with van der Waals surface area (Å²) in [4.78, 5) is 36.3. The van der Waals surface area contributed by atoms with Gasteiger partial charge in [0.25, 0.3) is 11.6 Å². The van der Waals surface area contributed by atoms with Crippen molar-refractivity contribution >= 4 is 25.9 Å². The predicted octanol–water partition coefficient (Wildman–Crippen LogP) is 2.27. The van der Waals surface area contributed by atoms with E-state index in [0.717, 1.165) is 5.56 Å². The summed E-state index contributed by atoms with van der Waals surface area (Å²) in [6.45, 7) is 3.13. The summed E-state index contributed by atoms with van der Waals surface area (Å²) < 4.78 is 23.4. The molecule has 2 aromatic carbocycles. The molecule has 0 aliphatic rings. The number of hydrazine groups is 1. The average Bonchev–Trinajstić information content (AvgIpc) is 2.80. The third-order valence-electron chi connectivity index (χ3n) is 4.95. The van der Waals surface area contributed by atoms with Gasteiger partial charge in [0.1, 0.15) is 12.5 Å². The molecule has 2 rings (SSSR count). The van der Waals surface area contributed by atoms with Crippen LogP contribution in [0.25, 0.3) is 0 Å². The number of carboxylic acids is 1. The SMILES string of the molecule is CC(C)C(N)(O[P+](=O)CC(C(=O)O)c1cccc(C(=O)NN)c1)C(=O)OCc1ccccc1. The smallest absolute Gasteiger partial charge is 0.481 e. The molecule has 176 valence electrons. The maximum absolute atomic E-state index is 12.8. The van der Waals surface area contributed by atoms with Crippen LogP contribution in [-0.2, 0) is 30.0 Å². The molecule has 2 aromatic rings. The van der Waals surface area contributed by atoms with Crippen LogP contribution < -0.4 is 17.0 Å². The van der Waals surface area contributed by atoms with Crippen molar-refractivity contribution < 1.29 is 33.3 Å². The standard InChI is InChI=1S/C22H26N3O7P/c1-14(2)22(23,21(29)31-12-15-7-4-3-5-8-15)32-33(30)13-18(20(27)28)16-9-6-10-17(11-16)19(26)25-24/h3-11,14,18H,12-13,23-24H2,1-2H3,(H-,25,26,27,28)/p+1. The number of esters is 1. The molecule has 33 heavy (non-hydrogen) atoms. The molecule has 0 saturated carbocycles. The maximum atomic E-state index is 12.8. The minimum Gasteiger partial charge on any atom is -0.481 e. The van der Waals surface area contributed by atoms with Crippen molar-refractivity contribution in [2.75, 3.05) is 6.16 Å². The summed E-state index contributed by atoms with van der Waals surface area (Å²) in [7, 11) is -2.70. The van der Waals surface area contributed by atoms with Crippen LogP contribution in [0.3, 0.4) is 0 Å². The Labute approximate surface area is 192 Å². The number of amides is 1. The minimum atomic E-state index is -2.70. The van der Waals surface area contributed by atoms with Gasteiger partial charge in [-0.2, -0.15) is 0 Å². The molecule has 0 heterocycles. The summed E-state index contributed by atoms with van der Waals surface area (Å²) in [5.74, 6) is 0.399. The zero-order valence-corrected chi connectivity index (χ0v) is 19.2. The second kappa shape index (κ2) is 11.6. The maximum Gasteiger partial charge on any atom is 0.511 e. The largest absolute Gasteiger partial charge is 0.511 e. The molecule has 1 amide bonds. The molecule has 0 radical (unpaired) electrons. The number of benzene rings is 2. The Bertz CT molecular complexity index is 1020. The van der Waals surface area contributed by atoms with E-state index in [9.17, 15) is 24.1 Å². The lowest BCUT2D eigenvalue weighted by Crippen LogP contribution is -2.54. The van der Waals surface area contributed by atoms with Gasteiger partial charge >= 0.3 is 20.0 Å². The highest BCUT2D eigenvalue weighted by molar-refractivity contribution is 7.39. The second-order valence-corrected chi connectivity index (χ2v) is 8.82. The zero-order valence-electron chi connectivity index (χ0n) is 18.3. The number of aliphatic carboxylic acids is 1. The number of hydrogen-bond donors (Lipinski definition) is 4. The molecule has 10 nitrogen and oxygen atoms in total. The van der Waals surface area contributed by atoms with E-state index in [-0.39, 0.29) is 17.7 Å². The highest BCUT2D eigenvalue weighted by Crippen LogP contribution is 2.37. The van der Waals surface area contributed by atoms with Gasteiger partial charge in [-0.05, 0) is 27.8 Å². The first kappa shape index (κ1) is 26.1.